The quantitative estimate of drug-likeness (QED) is 0.461. The third kappa shape index (κ3) is 6.95. The largest absolute Gasteiger partial charge is 0.493 e. The van der Waals surface area contributed by atoms with Crippen molar-refractivity contribution in [2.24, 2.45) is 5.92 Å². The molecule has 0 unspecified atom stereocenters. The Balaban J connectivity index is 1.50. The van der Waals surface area contributed by atoms with Gasteiger partial charge in [0.1, 0.15) is 0 Å². The molecule has 1 N–H and O–H groups in total. The summed E-state index contributed by atoms with van der Waals surface area (Å²) in [7, 11) is 4.57. The molecule has 200 valence electrons. The highest BCUT2D eigenvalue weighted by Crippen LogP contribution is 2.31. The van der Waals surface area contributed by atoms with Gasteiger partial charge in [-0.3, -0.25) is 14.5 Å². The molecule has 37 heavy (non-hydrogen) atoms. The van der Waals surface area contributed by atoms with Gasteiger partial charge >= 0.3 is 5.97 Å². The number of anilines is 1. The Kier molecular flexibility index (Phi) is 8.92. The summed E-state index contributed by atoms with van der Waals surface area (Å²) in [5.41, 5.74) is 3.37. The molecule has 1 aliphatic heterocycles. The number of hydrogen-bond acceptors (Lipinski definition) is 7. The van der Waals surface area contributed by atoms with Crippen molar-refractivity contribution in [3.63, 3.8) is 0 Å². The zero-order chi connectivity index (χ0) is 26.4. The van der Waals surface area contributed by atoms with Crippen molar-refractivity contribution in [2.45, 2.75) is 38.6 Å². The summed E-state index contributed by atoms with van der Waals surface area (Å²) in [6.45, 7) is 7.11. The van der Waals surface area contributed by atoms with Gasteiger partial charge in [-0.15, -0.1) is 0 Å². The van der Waals surface area contributed by atoms with Crippen molar-refractivity contribution in [3.05, 3.63) is 53.1 Å². The molecule has 1 atom stereocenters. The van der Waals surface area contributed by atoms with E-state index in [9.17, 15) is 9.59 Å². The number of nitrogens with zero attached hydrogens (tertiary/aromatic N) is 2. The normalized spacial score (nSPS) is 16.7. The van der Waals surface area contributed by atoms with E-state index >= 15 is 0 Å². The highest BCUT2D eigenvalue weighted by molar-refractivity contribution is 5.97. The van der Waals surface area contributed by atoms with Gasteiger partial charge in [-0.05, 0) is 67.5 Å². The van der Waals surface area contributed by atoms with Gasteiger partial charge in [0.25, 0.3) is 5.91 Å². The molecule has 0 bridgehead atoms. The number of carbonyl (C=O) groups is 2. The minimum atomic E-state index is -0.291. The van der Waals surface area contributed by atoms with Crippen LogP contribution in [0, 0.1) is 5.92 Å². The average molecular weight is 510 g/mol. The predicted octanol–water partition coefficient (Wildman–Crippen LogP) is 3.83. The lowest BCUT2D eigenvalue weighted by atomic mass is 9.99. The Morgan fingerprint density at radius 3 is 2.35 bits per heavy atom. The maximum Gasteiger partial charge on any atom is 0.305 e. The Hall–Kier alpha value is -3.26. The lowest BCUT2D eigenvalue weighted by Crippen LogP contribution is -2.47. The zero-order valence-electron chi connectivity index (χ0n) is 22.4. The number of benzene rings is 2. The maximum absolute atomic E-state index is 13.5. The van der Waals surface area contributed by atoms with E-state index in [1.165, 1.54) is 26.5 Å². The number of hydrogen-bond donors (Lipinski definition) is 1. The molecule has 0 spiro atoms. The molecule has 0 radical (unpaired) electrons. The van der Waals surface area contributed by atoms with E-state index in [0.717, 1.165) is 48.9 Å². The van der Waals surface area contributed by atoms with Crippen LogP contribution in [0.5, 0.6) is 11.5 Å². The maximum atomic E-state index is 13.5. The van der Waals surface area contributed by atoms with Crippen molar-refractivity contribution in [1.29, 1.82) is 0 Å². The molecule has 2 aromatic carbocycles. The van der Waals surface area contributed by atoms with Crippen molar-refractivity contribution < 1.29 is 23.8 Å². The number of esters is 1. The van der Waals surface area contributed by atoms with E-state index in [2.05, 4.69) is 21.2 Å². The van der Waals surface area contributed by atoms with Crippen molar-refractivity contribution in [3.8, 4) is 11.5 Å². The molecule has 1 heterocycles. The molecule has 2 fully saturated rings. The molecule has 1 amide bonds. The molecule has 1 saturated carbocycles. The van der Waals surface area contributed by atoms with Crippen LogP contribution < -0.4 is 19.7 Å². The summed E-state index contributed by atoms with van der Waals surface area (Å²) in [4.78, 5) is 30.3. The van der Waals surface area contributed by atoms with Gasteiger partial charge in [-0.25, -0.2) is 0 Å². The number of carbonyl (C=O) groups excluding carboxylic acids is 2. The monoisotopic (exact) mass is 509 g/mol. The van der Waals surface area contributed by atoms with Crippen LogP contribution in [0.15, 0.2) is 36.4 Å². The van der Waals surface area contributed by atoms with E-state index in [1.807, 2.05) is 37.3 Å². The Morgan fingerprint density at radius 1 is 0.973 bits per heavy atom. The number of ether oxygens (including phenoxy) is 3. The second-order valence-electron chi connectivity index (χ2n) is 9.96. The van der Waals surface area contributed by atoms with Crippen LogP contribution in [0.4, 0.5) is 5.69 Å². The first-order valence-electron chi connectivity index (χ1n) is 13.1. The van der Waals surface area contributed by atoms with Gasteiger partial charge in [-0.1, -0.05) is 12.1 Å². The molecule has 2 aliphatic rings. The average Bonchev–Trinajstić information content (AvgIpc) is 3.75. The van der Waals surface area contributed by atoms with Gasteiger partial charge in [0.05, 0.1) is 27.4 Å². The molecule has 8 nitrogen and oxygen atoms in total. The fourth-order valence-electron chi connectivity index (χ4n) is 4.86. The number of piperazine rings is 1. The Bertz CT molecular complexity index is 1090. The molecular formula is C29H39N3O5. The summed E-state index contributed by atoms with van der Waals surface area (Å²) in [6, 6.07) is 11.4. The fraction of sp³-hybridized carbons (Fsp3) is 0.517. The predicted molar refractivity (Wildman–Crippen MR) is 144 cm³/mol. The number of nitrogens with one attached hydrogen (secondary N) is 1. The van der Waals surface area contributed by atoms with E-state index in [1.54, 1.807) is 14.2 Å². The summed E-state index contributed by atoms with van der Waals surface area (Å²) >= 11 is 0. The van der Waals surface area contributed by atoms with Gasteiger partial charge in [-0.2, -0.15) is 0 Å². The first-order chi connectivity index (χ1) is 17.9. The van der Waals surface area contributed by atoms with E-state index < -0.39 is 0 Å². The van der Waals surface area contributed by atoms with Crippen LogP contribution in [0.2, 0.25) is 0 Å². The van der Waals surface area contributed by atoms with E-state index in [0.29, 0.717) is 23.5 Å². The van der Waals surface area contributed by atoms with Gasteiger partial charge < -0.3 is 24.4 Å². The van der Waals surface area contributed by atoms with Crippen LogP contribution in [0.1, 0.15) is 53.7 Å². The summed E-state index contributed by atoms with van der Waals surface area (Å²) in [6.07, 6.45) is 3.40. The van der Waals surface area contributed by atoms with Crippen LogP contribution >= 0.6 is 0 Å². The molecule has 8 heteroatoms. The first-order valence-corrected chi connectivity index (χ1v) is 13.1. The summed E-state index contributed by atoms with van der Waals surface area (Å²) < 4.78 is 15.6. The van der Waals surface area contributed by atoms with Gasteiger partial charge in [0.2, 0.25) is 0 Å². The fourth-order valence-corrected chi connectivity index (χ4v) is 4.86. The van der Waals surface area contributed by atoms with Crippen LogP contribution in [0.3, 0.4) is 0 Å². The smallest absolute Gasteiger partial charge is 0.305 e. The molecular weight excluding hydrogens is 470 g/mol. The Labute approximate surface area is 219 Å². The standard InChI is InChI=1S/C29H39N3O5/c1-20(23-8-11-26(35-2)27(17-23)36-3)30-29(34)25-18-24(10-7-22(25)9-12-28(33)37-4)32-15-13-31(14-16-32)19-21-5-6-21/h7-8,10-11,17-18,20-21H,5-6,9,12-16,19H2,1-4H3,(H,30,34)/t20-/m1/s1. The summed E-state index contributed by atoms with van der Waals surface area (Å²) in [5.74, 6) is 1.68. The Morgan fingerprint density at radius 2 is 1.70 bits per heavy atom. The lowest BCUT2D eigenvalue weighted by Gasteiger charge is -2.36. The third-order valence-electron chi connectivity index (χ3n) is 7.37. The SMILES string of the molecule is COC(=O)CCc1ccc(N2CCN(CC3CC3)CC2)cc1C(=O)N[C@H](C)c1ccc(OC)c(OC)c1. The van der Waals surface area contributed by atoms with Crippen LogP contribution in [-0.2, 0) is 16.0 Å². The number of aryl methyl sites for hydroxylation is 1. The molecule has 4 rings (SSSR count). The number of rotatable bonds is 11. The van der Waals surface area contributed by atoms with Crippen LogP contribution in [0.25, 0.3) is 0 Å². The minimum absolute atomic E-state index is 0.170. The highest BCUT2D eigenvalue weighted by Gasteiger charge is 2.27. The van der Waals surface area contributed by atoms with Gasteiger partial charge in [0, 0.05) is 50.4 Å². The van der Waals surface area contributed by atoms with Gasteiger partial charge in [0.15, 0.2) is 11.5 Å². The number of amides is 1. The van der Waals surface area contributed by atoms with E-state index in [-0.39, 0.29) is 24.3 Å². The van der Waals surface area contributed by atoms with Crippen molar-refractivity contribution in [1.82, 2.24) is 10.2 Å². The second kappa shape index (κ2) is 12.3. The lowest BCUT2D eigenvalue weighted by molar-refractivity contribution is -0.140. The molecule has 2 aromatic rings. The topological polar surface area (TPSA) is 80.3 Å². The van der Waals surface area contributed by atoms with Crippen molar-refractivity contribution in [2.75, 3.05) is 59.0 Å². The second-order valence-corrected chi connectivity index (χ2v) is 9.96. The molecule has 1 aliphatic carbocycles. The first kappa shape index (κ1) is 26.8. The highest BCUT2D eigenvalue weighted by atomic mass is 16.5. The van der Waals surface area contributed by atoms with Crippen LogP contribution in [-0.4, -0.2) is 70.8 Å². The number of methoxy groups -OCH3 is 3. The minimum Gasteiger partial charge on any atom is -0.493 e. The molecule has 0 aromatic heterocycles. The molecule has 1 saturated heterocycles. The van der Waals surface area contributed by atoms with E-state index in [4.69, 9.17) is 14.2 Å². The third-order valence-corrected chi connectivity index (χ3v) is 7.37. The zero-order valence-corrected chi connectivity index (χ0v) is 22.4. The summed E-state index contributed by atoms with van der Waals surface area (Å²) in [5, 5.41) is 3.13. The van der Waals surface area contributed by atoms with Crippen molar-refractivity contribution >= 4 is 17.6 Å².